The molecular weight excluding hydrogens is 1540 g/mol. The highest BCUT2D eigenvalue weighted by molar-refractivity contribution is 5.77. The minimum absolute atomic E-state index is 0.0813. The predicted molar refractivity (Wildman–Crippen MR) is 477 cm³/mol. The Labute approximate surface area is 727 Å². The fourth-order valence-corrected chi connectivity index (χ4v) is 11.9. The van der Waals surface area contributed by atoms with Crippen molar-refractivity contribution in [2.75, 3.05) is 191 Å². The average molecular weight is 1720 g/mol. The highest BCUT2D eigenvalue weighted by Gasteiger charge is 2.22. The van der Waals surface area contributed by atoms with Gasteiger partial charge in [0.15, 0.2) is 0 Å². The lowest BCUT2D eigenvalue weighted by Gasteiger charge is -2.21. The van der Waals surface area contributed by atoms with E-state index in [1.807, 2.05) is 18.2 Å². The van der Waals surface area contributed by atoms with Gasteiger partial charge in [0.2, 0.25) is 23.6 Å². The summed E-state index contributed by atoms with van der Waals surface area (Å²) >= 11 is 0. The smallest absolute Gasteiger partial charge is 0.302 e. The monoisotopic (exact) mass is 1720 g/mol. The fraction of sp³-hybridized carbons (Fsp3) is 0.880. The zero-order valence-corrected chi connectivity index (χ0v) is 76.4. The second-order valence-corrected chi connectivity index (χ2v) is 30.3. The normalized spacial score (nSPS) is 13.1. The van der Waals surface area contributed by atoms with E-state index < -0.39 is 42.4 Å². The number of aliphatic hydroxyl groups is 5. The van der Waals surface area contributed by atoms with Crippen LogP contribution in [0, 0.1) is 0 Å². The number of hydrogen-bond donors (Lipinski definition) is 10. The first-order valence-corrected chi connectivity index (χ1v) is 46.8. The predicted octanol–water partition coefficient (Wildman–Crippen LogP) is 12.7. The van der Waals surface area contributed by atoms with Gasteiger partial charge in [-0.2, -0.15) is 0 Å². The van der Waals surface area contributed by atoms with E-state index in [9.17, 15) is 49.5 Å². The second-order valence-electron chi connectivity index (χ2n) is 30.3. The third-order valence-corrected chi connectivity index (χ3v) is 19.1. The Morgan fingerprint density at radius 2 is 0.533 bits per heavy atom. The van der Waals surface area contributed by atoms with Crippen LogP contribution in [-0.4, -0.2) is 283 Å². The molecule has 0 aromatic carbocycles. The molecule has 4 amide bonds. The van der Waals surface area contributed by atoms with Crippen LogP contribution >= 0.6 is 0 Å². The minimum atomic E-state index is -0.960. The van der Waals surface area contributed by atoms with Gasteiger partial charge in [0.1, 0.15) is 6.61 Å². The molecule has 0 spiro atoms. The number of ether oxygens (including phenoxy) is 13. The number of nitrogens with two attached hydrogens (primary N) is 1. The molecule has 0 aliphatic rings. The zero-order valence-electron chi connectivity index (χ0n) is 76.4. The third-order valence-electron chi connectivity index (χ3n) is 19.1. The molecular formula is C92H179N5O23. The molecule has 0 bridgehead atoms. The molecule has 11 N–H and O–H groups in total. The molecule has 0 heterocycles. The van der Waals surface area contributed by atoms with Gasteiger partial charge in [-0.1, -0.05) is 257 Å². The molecule has 0 radical (unpaired) electrons. The van der Waals surface area contributed by atoms with Crippen LogP contribution < -0.4 is 27.0 Å². The maximum Gasteiger partial charge on any atom is 0.302 e. The largest absolute Gasteiger partial charge is 0.464 e. The van der Waals surface area contributed by atoms with Gasteiger partial charge < -0.3 is 114 Å². The number of allylic oxidation sites excluding steroid dienone is 3. The Bertz CT molecular complexity index is 2140. The topological polar surface area (TPSA) is 381 Å². The number of amides is 4. The number of nitrogens with one attached hydrogen (secondary N) is 4. The summed E-state index contributed by atoms with van der Waals surface area (Å²) in [5.74, 6) is -1.38. The lowest BCUT2D eigenvalue weighted by atomic mass is 10.0. The molecule has 710 valence electrons. The van der Waals surface area contributed by atoms with E-state index in [4.69, 9.17) is 67.3 Å². The van der Waals surface area contributed by atoms with Crippen LogP contribution in [-0.2, 0) is 85.6 Å². The number of rotatable bonds is 92. The third kappa shape index (κ3) is 97.7. The number of unbranched alkanes of at least 4 members (excludes halogenated alkanes) is 33. The molecule has 0 aliphatic carbocycles. The molecule has 120 heavy (non-hydrogen) atoms. The highest BCUT2D eigenvalue weighted by Crippen LogP contribution is 2.16. The number of carbonyl (C=O) groups excluding carboxylic acids is 5. The highest BCUT2D eigenvalue weighted by atomic mass is 16.6. The molecule has 0 saturated carbocycles. The summed E-state index contributed by atoms with van der Waals surface area (Å²) in [5.41, 5.74) is 5.32. The Balaban J connectivity index is -0.00000172. The molecule has 0 aromatic rings. The summed E-state index contributed by atoms with van der Waals surface area (Å²) in [7, 11) is 0. The SMILES string of the molecule is CCCCCCCCCCCCC/C=C/[C@@H](O)[C@H](CO)NC(=O)CCOCCOCCOCCOCCC.CCCCCCCCCCCCC/C=C/[C@@H](O)[C@H](CO)NC(=O)CCOCCOCCOCCOCCN.CCCCCCCCCCCCC/C=C/[C@@H](O)[C@H](COC(C)=O)NC(=O)CCOCCOCCOCCOCCNC(C)=O. The van der Waals surface area contributed by atoms with Gasteiger partial charge in [0.05, 0.1) is 202 Å². The van der Waals surface area contributed by atoms with Crippen molar-refractivity contribution in [1.82, 2.24) is 21.3 Å². The van der Waals surface area contributed by atoms with Crippen molar-refractivity contribution >= 4 is 29.6 Å². The number of carbonyl (C=O) groups is 5. The maximum absolute atomic E-state index is 12.4. The van der Waals surface area contributed by atoms with Crippen molar-refractivity contribution in [2.45, 2.75) is 335 Å². The van der Waals surface area contributed by atoms with Crippen molar-refractivity contribution in [1.29, 1.82) is 0 Å². The molecule has 28 heteroatoms. The van der Waals surface area contributed by atoms with E-state index in [-0.39, 0.29) is 82.5 Å². The first-order valence-electron chi connectivity index (χ1n) is 46.8. The van der Waals surface area contributed by atoms with Crippen LogP contribution in [0.5, 0.6) is 0 Å². The molecule has 0 unspecified atom stereocenters. The number of hydrogen-bond acceptors (Lipinski definition) is 24. The average Bonchev–Trinajstić information content (AvgIpc) is 0.942. The molecule has 6 atom stereocenters. The van der Waals surface area contributed by atoms with Gasteiger partial charge in [0, 0.05) is 52.8 Å². The van der Waals surface area contributed by atoms with Gasteiger partial charge >= 0.3 is 5.97 Å². The Hall–Kier alpha value is -4.15. The van der Waals surface area contributed by atoms with E-state index in [0.29, 0.717) is 145 Å². The van der Waals surface area contributed by atoms with E-state index in [2.05, 4.69) is 49.0 Å². The van der Waals surface area contributed by atoms with Crippen molar-refractivity contribution < 1.29 is 111 Å². The molecule has 0 aromatic heterocycles. The molecule has 0 fully saturated rings. The van der Waals surface area contributed by atoms with Crippen molar-refractivity contribution in [3.8, 4) is 0 Å². The second kappa shape index (κ2) is 102. The van der Waals surface area contributed by atoms with Crippen molar-refractivity contribution in [3.05, 3.63) is 36.5 Å². The van der Waals surface area contributed by atoms with E-state index in [1.54, 1.807) is 18.2 Å². The lowest BCUT2D eigenvalue weighted by Crippen LogP contribution is -2.46. The van der Waals surface area contributed by atoms with Crippen LogP contribution in [0.25, 0.3) is 0 Å². The Morgan fingerprint density at radius 3 is 0.783 bits per heavy atom. The van der Waals surface area contributed by atoms with E-state index in [0.717, 1.165) is 51.6 Å². The van der Waals surface area contributed by atoms with Crippen LogP contribution in [0.1, 0.15) is 298 Å². The van der Waals surface area contributed by atoms with Crippen LogP contribution in [0.2, 0.25) is 0 Å². The van der Waals surface area contributed by atoms with Crippen LogP contribution in [0.4, 0.5) is 0 Å². The zero-order chi connectivity index (χ0) is 88.4. The quantitative estimate of drug-likeness (QED) is 0.0154. The molecule has 0 aliphatic heterocycles. The van der Waals surface area contributed by atoms with Crippen molar-refractivity contribution in [3.63, 3.8) is 0 Å². The lowest BCUT2D eigenvalue weighted by molar-refractivity contribution is -0.143. The maximum atomic E-state index is 12.4. The standard InChI is InChI=1S/C33H62N2O9.C30H59NO7.C29H58N2O7/c1-4-5-6-7-8-9-10-11-12-13-14-15-16-17-32(38)31(28-44-30(3)37)35-33(39)18-20-40-22-24-42-26-27-43-25-23-41-21-19-34-29(2)36;1-3-5-6-7-8-9-10-11-12-13-14-15-16-17-29(33)28(27-32)31-30(34)18-20-36-22-24-38-26-25-37-23-21-35-19-4-2;1-2-3-4-5-6-7-8-9-10-11-12-13-14-15-28(33)27(26-32)31-29(34)16-18-35-20-22-37-24-25-38-23-21-36-19-17-30/h16-17,31-32,38H,4-15,18-28H2,1-3H3,(H,34,36)(H,35,39);16-17,28-29,32-33H,3-15,18-27H2,1-2H3,(H,31,34);14-15,27-28,32-33H,2-13,16-26,30H2,1H3,(H,31,34)/b2*17-16+;15-14+/t31-,32+;28-,29+;27-,28+/m000/s1. The summed E-state index contributed by atoms with van der Waals surface area (Å²) in [6.45, 7) is 22.4. The van der Waals surface area contributed by atoms with Gasteiger partial charge in [0.25, 0.3) is 0 Å². The summed E-state index contributed by atoms with van der Waals surface area (Å²) in [6, 6.07) is -2.17. The summed E-state index contributed by atoms with van der Waals surface area (Å²) in [4.78, 5) is 58.6. The van der Waals surface area contributed by atoms with Gasteiger partial charge in [-0.25, -0.2) is 0 Å². The van der Waals surface area contributed by atoms with Crippen LogP contribution in [0.3, 0.4) is 0 Å². The van der Waals surface area contributed by atoms with E-state index >= 15 is 0 Å². The van der Waals surface area contributed by atoms with Gasteiger partial charge in [-0.3, -0.25) is 24.0 Å². The molecule has 0 saturated heterocycles. The van der Waals surface area contributed by atoms with Crippen LogP contribution in [0.15, 0.2) is 36.5 Å². The number of aliphatic hydroxyl groups excluding tert-OH is 5. The Kier molecular flexibility index (Phi) is 102. The van der Waals surface area contributed by atoms with Gasteiger partial charge in [-0.05, 0) is 44.9 Å². The number of esters is 1. The van der Waals surface area contributed by atoms with Crippen molar-refractivity contribution in [2.24, 2.45) is 5.73 Å². The summed E-state index contributed by atoms with van der Waals surface area (Å²) in [6.07, 6.45) is 55.0. The molecule has 28 nitrogen and oxygen atoms in total. The summed E-state index contributed by atoms with van der Waals surface area (Å²) < 4.78 is 69.5. The van der Waals surface area contributed by atoms with E-state index in [1.165, 1.54) is 206 Å². The van der Waals surface area contributed by atoms with Gasteiger partial charge in [-0.15, -0.1) is 0 Å². The summed E-state index contributed by atoms with van der Waals surface area (Å²) in [5, 5.41) is 61.0. The fourth-order valence-electron chi connectivity index (χ4n) is 11.9. The molecule has 0 rings (SSSR count). The first-order chi connectivity index (χ1) is 58.7. The Morgan fingerprint density at radius 1 is 0.300 bits per heavy atom. The first kappa shape index (κ1) is 120. The minimum Gasteiger partial charge on any atom is -0.464 e.